The van der Waals surface area contributed by atoms with Crippen LogP contribution in [0, 0.1) is 5.92 Å². The van der Waals surface area contributed by atoms with Crippen molar-refractivity contribution in [1.82, 2.24) is 4.90 Å². The highest BCUT2D eigenvalue weighted by atomic mass is 19.1. The fourth-order valence-corrected chi connectivity index (χ4v) is 5.64. The summed E-state index contributed by atoms with van der Waals surface area (Å²) in [7, 11) is 0. The van der Waals surface area contributed by atoms with E-state index in [9.17, 15) is 9.50 Å². The Hall–Kier alpha value is -1.09. The van der Waals surface area contributed by atoms with Crippen LogP contribution in [0.15, 0.2) is 18.2 Å². The summed E-state index contributed by atoms with van der Waals surface area (Å²) in [6, 6.07) is 6.59. The van der Waals surface area contributed by atoms with Gasteiger partial charge in [0, 0.05) is 18.0 Å². The van der Waals surface area contributed by atoms with E-state index in [1.54, 1.807) is 0 Å². The van der Waals surface area contributed by atoms with Gasteiger partial charge in [0.2, 0.25) is 0 Å². The van der Waals surface area contributed by atoms with E-state index in [-0.39, 0.29) is 6.67 Å². The van der Waals surface area contributed by atoms with Gasteiger partial charge in [0.1, 0.15) is 5.75 Å². The molecule has 1 aliphatic heterocycles. The van der Waals surface area contributed by atoms with Gasteiger partial charge in [0.15, 0.2) is 0 Å². The summed E-state index contributed by atoms with van der Waals surface area (Å²) in [5, 5.41) is 9.89. The molecule has 120 valence electrons. The standard InChI is InChI=1S/C19H26FNO/c20-9-3-10-21-11-8-19-7-2-1-4-17(19)18(21)13-14-12-15(22)5-6-16(14)19/h5-6,12,17-18,22H,1-4,7-11,13H2/t17-,18+,19?/m0/s1. The summed E-state index contributed by atoms with van der Waals surface area (Å²) in [4.78, 5) is 2.54. The quantitative estimate of drug-likeness (QED) is 0.918. The van der Waals surface area contributed by atoms with E-state index < -0.39 is 0 Å². The fourth-order valence-electron chi connectivity index (χ4n) is 5.64. The topological polar surface area (TPSA) is 23.5 Å². The molecule has 3 atom stereocenters. The van der Waals surface area contributed by atoms with E-state index in [1.165, 1.54) is 43.2 Å². The number of benzene rings is 1. The molecular formula is C19H26FNO. The number of piperidine rings is 1. The molecule has 2 nitrogen and oxygen atoms in total. The van der Waals surface area contributed by atoms with Crippen molar-refractivity contribution in [1.29, 1.82) is 0 Å². The second kappa shape index (κ2) is 5.52. The van der Waals surface area contributed by atoms with Crippen LogP contribution in [0.4, 0.5) is 4.39 Å². The van der Waals surface area contributed by atoms with Crippen molar-refractivity contribution in [3.8, 4) is 5.75 Å². The number of aromatic hydroxyl groups is 1. The monoisotopic (exact) mass is 303 g/mol. The van der Waals surface area contributed by atoms with Gasteiger partial charge in [-0.25, -0.2) is 0 Å². The number of alkyl halides is 1. The van der Waals surface area contributed by atoms with Gasteiger partial charge < -0.3 is 5.11 Å². The molecule has 3 aliphatic rings. The van der Waals surface area contributed by atoms with E-state index in [0.29, 0.717) is 23.6 Å². The largest absolute Gasteiger partial charge is 0.508 e. The van der Waals surface area contributed by atoms with Gasteiger partial charge in [-0.05, 0) is 67.8 Å². The van der Waals surface area contributed by atoms with E-state index in [4.69, 9.17) is 0 Å². The predicted octanol–water partition coefficient (Wildman–Crippen LogP) is 3.81. The van der Waals surface area contributed by atoms with Crippen molar-refractivity contribution in [3.63, 3.8) is 0 Å². The van der Waals surface area contributed by atoms with E-state index in [2.05, 4.69) is 11.0 Å². The third kappa shape index (κ3) is 2.09. The molecule has 2 aliphatic carbocycles. The van der Waals surface area contributed by atoms with Crippen LogP contribution in [-0.2, 0) is 11.8 Å². The number of hydrogen-bond donors (Lipinski definition) is 1. The SMILES string of the molecule is Oc1ccc2c(c1)C[C@@H]1[C@@H]3CCCCC23CCN1CCCF. The van der Waals surface area contributed by atoms with Crippen LogP contribution in [0.5, 0.6) is 5.75 Å². The Morgan fingerprint density at radius 3 is 3.05 bits per heavy atom. The number of halogens is 1. The Morgan fingerprint density at radius 1 is 1.27 bits per heavy atom. The maximum atomic E-state index is 12.6. The summed E-state index contributed by atoms with van der Waals surface area (Å²) in [6.07, 6.45) is 8.17. The number of phenolic OH excluding ortho intramolecular Hbond substituents is 1. The summed E-state index contributed by atoms with van der Waals surface area (Å²) in [6.45, 7) is 1.79. The first kappa shape index (κ1) is 14.5. The zero-order chi connectivity index (χ0) is 15.2. The molecule has 1 N–H and O–H groups in total. The minimum atomic E-state index is -0.212. The van der Waals surface area contributed by atoms with Gasteiger partial charge >= 0.3 is 0 Å². The lowest BCUT2D eigenvalue weighted by Crippen LogP contribution is -2.61. The zero-order valence-electron chi connectivity index (χ0n) is 13.2. The molecule has 0 spiro atoms. The number of hydrogen-bond acceptors (Lipinski definition) is 2. The Balaban J connectivity index is 1.75. The van der Waals surface area contributed by atoms with Crippen molar-refractivity contribution in [2.75, 3.05) is 19.8 Å². The van der Waals surface area contributed by atoms with Crippen LogP contribution in [-0.4, -0.2) is 35.8 Å². The molecule has 1 saturated carbocycles. The Bertz CT molecular complexity index is 560. The first-order valence-electron chi connectivity index (χ1n) is 8.87. The molecule has 4 rings (SSSR count). The Morgan fingerprint density at radius 2 is 2.18 bits per heavy atom. The number of likely N-dealkylation sites (tertiary alicyclic amines) is 1. The maximum Gasteiger partial charge on any atom is 0.115 e. The van der Waals surface area contributed by atoms with Gasteiger partial charge in [-0.1, -0.05) is 18.9 Å². The Kier molecular flexibility index (Phi) is 3.64. The van der Waals surface area contributed by atoms with Gasteiger partial charge in [-0.3, -0.25) is 9.29 Å². The van der Waals surface area contributed by atoms with Crippen molar-refractivity contribution in [3.05, 3.63) is 29.3 Å². The van der Waals surface area contributed by atoms with Crippen LogP contribution in [0.1, 0.15) is 49.7 Å². The molecule has 2 fully saturated rings. The van der Waals surface area contributed by atoms with Crippen LogP contribution in [0.3, 0.4) is 0 Å². The van der Waals surface area contributed by atoms with Crippen LogP contribution in [0.2, 0.25) is 0 Å². The van der Waals surface area contributed by atoms with Crippen LogP contribution < -0.4 is 0 Å². The van der Waals surface area contributed by atoms with Crippen molar-refractivity contribution < 1.29 is 9.50 Å². The summed E-state index contributed by atoms with van der Waals surface area (Å²) < 4.78 is 12.6. The highest BCUT2D eigenvalue weighted by Crippen LogP contribution is 2.55. The van der Waals surface area contributed by atoms with Crippen molar-refractivity contribution in [2.24, 2.45) is 5.92 Å². The number of fused-ring (bicyclic) bond motifs is 1. The van der Waals surface area contributed by atoms with E-state index >= 15 is 0 Å². The molecule has 0 radical (unpaired) electrons. The summed E-state index contributed by atoms with van der Waals surface area (Å²) in [5.41, 5.74) is 3.18. The summed E-state index contributed by atoms with van der Waals surface area (Å²) >= 11 is 0. The molecule has 1 saturated heterocycles. The molecule has 1 heterocycles. The van der Waals surface area contributed by atoms with Gasteiger partial charge in [-0.15, -0.1) is 0 Å². The number of nitrogens with zero attached hydrogens (tertiary/aromatic N) is 1. The molecule has 0 aromatic heterocycles. The smallest absolute Gasteiger partial charge is 0.115 e. The first-order chi connectivity index (χ1) is 10.7. The molecular weight excluding hydrogens is 277 g/mol. The third-order valence-electron chi connectivity index (χ3n) is 6.51. The minimum Gasteiger partial charge on any atom is -0.508 e. The van der Waals surface area contributed by atoms with E-state index in [0.717, 1.165) is 25.4 Å². The zero-order valence-corrected chi connectivity index (χ0v) is 13.2. The molecule has 3 heteroatoms. The number of rotatable bonds is 3. The molecule has 1 aromatic rings. The average Bonchev–Trinajstić information content (AvgIpc) is 2.53. The Labute approximate surface area is 132 Å². The molecule has 1 aromatic carbocycles. The fraction of sp³-hybridized carbons (Fsp3) is 0.684. The molecule has 2 bridgehead atoms. The van der Waals surface area contributed by atoms with Gasteiger partial charge in [-0.2, -0.15) is 0 Å². The first-order valence-corrected chi connectivity index (χ1v) is 8.87. The lowest BCUT2D eigenvalue weighted by atomic mass is 9.52. The number of phenols is 1. The maximum absolute atomic E-state index is 12.6. The van der Waals surface area contributed by atoms with Crippen molar-refractivity contribution in [2.45, 2.75) is 56.4 Å². The highest BCUT2D eigenvalue weighted by molar-refractivity contribution is 5.44. The highest BCUT2D eigenvalue weighted by Gasteiger charge is 2.53. The lowest BCUT2D eigenvalue weighted by Gasteiger charge is -2.59. The van der Waals surface area contributed by atoms with Gasteiger partial charge in [0.25, 0.3) is 0 Å². The van der Waals surface area contributed by atoms with Crippen LogP contribution in [0.25, 0.3) is 0 Å². The van der Waals surface area contributed by atoms with E-state index in [1.807, 2.05) is 12.1 Å². The summed E-state index contributed by atoms with van der Waals surface area (Å²) in [5.74, 6) is 1.12. The van der Waals surface area contributed by atoms with Crippen LogP contribution >= 0.6 is 0 Å². The molecule has 0 amide bonds. The lowest BCUT2D eigenvalue weighted by molar-refractivity contribution is -0.0123. The predicted molar refractivity (Wildman–Crippen MR) is 86.0 cm³/mol. The van der Waals surface area contributed by atoms with Crippen molar-refractivity contribution >= 4 is 0 Å². The molecule has 1 unspecified atom stereocenters. The second-order valence-electron chi connectivity index (χ2n) is 7.45. The average molecular weight is 303 g/mol. The second-order valence-corrected chi connectivity index (χ2v) is 7.45. The van der Waals surface area contributed by atoms with Gasteiger partial charge in [0.05, 0.1) is 6.67 Å². The molecule has 22 heavy (non-hydrogen) atoms. The normalized spacial score (nSPS) is 34.0. The minimum absolute atomic E-state index is 0.212. The third-order valence-corrected chi connectivity index (χ3v) is 6.51.